The largest absolute Gasteiger partial charge is 0.0654 e. The van der Waals surface area contributed by atoms with E-state index in [1.165, 1.54) is 49.7 Å². The van der Waals surface area contributed by atoms with Gasteiger partial charge in [0.05, 0.1) is 0 Å². The van der Waals surface area contributed by atoms with Gasteiger partial charge in [0.15, 0.2) is 0 Å². The maximum Gasteiger partial charge on any atom is -0.0132 e. The van der Waals surface area contributed by atoms with Crippen molar-refractivity contribution in [2.24, 2.45) is 0 Å². The zero-order valence-electron chi connectivity index (χ0n) is 12.1. The van der Waals surface area contributed by atoms with Crippen LogP contribution in [0.5, 0.6) is 0 Å². The Kier molecular flexibility index (Phi) is 5.74. The molecule has 1 rings (SSSR count). The third-order valence-electron chi connectivity index (χ3n) is 3.39. The van der Waals surface area contributed by atoms with E-state index < -0.39 is 0 Å². The molecule has 0 heterocycles. The lowest BCUT2D eigenvalue weighted by atomic mass is 9.86. The van der Waals surface area contributed by atoms with E-state index >= 15 is 0 Å². The van der Waals surface area contributed by atoms with Gasteiger partial charge in [-0.15, -0.1) is 0 Å². The Labute approximate surface area is 107 Å². The summed E-state index contributed by atoms with van der Waals surface area (Å²) in [6.45, 7) is 9.08. The Morgan fingerprint density at radius 3 is 1.94 bits per heavy atom. The number of aryl methyl sites for hydroxylation is 1. The Morgan fingerprint density at radius 1 is 0.824 bits per heavy atom. The highest BCUT2D eigenvalue weighted by molar-refractivity contribution is 5.27. The van der Waals surface area contributed by atoms with E-state index in [9.17, 15) is 0 Å². The van der Waals surface area contributed by atoms with Gasteiger partial charge in [-0.2, -0.15) is 0 Å². The molecule has 0 aliphatic heterocycles. The van der Waals surface area contributed by atoms with Crippen molar-refractivity contribution < 1.29 is 0 Å². The quantitative estimate of drug-likeness (QED) is 0.568. The van der Waals surface area contributed by atoms with Crippen molar-refractivity contribution in [1.29, 1.82) is 0 Å². The first-order chi connectivity index (χ1) is 8.04. The van der Waals surface area contributed by atoms with Crippen LogP contribution in [0.25, 0.3) is 0 Å². The molecule has 0 saturated carbocycles. The maximum absolute atomic E-state index is 2.31. The highest BCUT2D eigenvalue weighted by atomic mass is 14.2. The number of benzene rings is 1. The van der Waals surface area contributed by atoms with Gasteiger partial charge in [0.25, 0.3) is 0 Å². The molecule has 0 bridgehead atoms. The topological polar surface area (TPSA) is 0 Å². The molecule has 0 heteroatoms. The minimum Gasteiger partial charge on any atom is -0.0654 e. The highest BCUT2D eigenvalue weighted by Crippen LogP contribution is 2.22. The molecule has 0 amide bonds. The van der Waals surface area contributed by atoms with Crippen LogP contribution in [0.3, 0.4) is 0 Å². The van der Waals surface area contributed by atoms with Crippen molar-refractivity contribution >= 4 is 0 Å². The van der Waals surface area contributed by atoms with Crippen molar-refractivity contribution in [3.05, 3.63) is 35.4 Å². The maximum atomic E-state index is 2.31. The highest BCUT2D eigenvalue weighted by Gasteiger charge is 2.12. The summed E-state index contributed by atoms with van der Waals surface area (Å²) in [5.74, 6) is 0. The number of unbranched alkanes of at least 4 members (excludes halogenated alkanes) is 4. The second-order valence-corrected chi connectivity index (χ2v) is 6.11. The molecule has 0 fully saturated rings. The van der Waals surface area contributed by atoms with Gasteiger partial charge in [-0.25, -0.2) is 0 Å². The fourth-order valence-electron chi connectivity index (χ4n) is 2.10. The van der Waals surface area contributed by atoms with Gasteiger partial charge >= 0.3 is 0 Å². The van der Waals surface area contributed by atoms with Crippen LogP contribution < -0.4 is 0 Å². The van der Waals surface area contributed by atoms with Crippen LogP contribution in [0.4, 0.5) is 0 Å². The molecule has 17 heavy (non-hydrogen) atoms. The van der Waals surface area contributed by atoms with E-state index in [0.717, 1.165) is 0 Å². The fourth-order valence-corrected chi connectivity index (χ4v) is 2.10. The molecule has 0 aliphatic rings. The monoisotopic (exact) mass is 232 g/mol. The molecule has 96 valence electrons. The van der Waals surface area contributed by atoms with E-state index in [-0.39, 0.29) is 5.41 Å². The lowest BCUT2D eigenvalue weighted by Gasteiger charge is -2.19. The van der Waals surface area contributed by atoms with Crippen LogP contribution in [-0.2, 0) is 11.8 Å². The van der Waals surface area contributed by atoms with Gasteiger partial charge in [0, 0.05) is 0 Å². The van der Waals surface area contributed by atoms with E-state index in [2.05, 4.69) is 52.0 Å². The summed E-state index contributed by atoms with van der Waals surface area (Å²) in [5, 5.41) is 0. The van der Waals surface area contributed by atoms with E-state index in [4.69, 9.17) is 0 Å². The molecular weight excluding hydrogens is 204 g/mol. The Balaban J connectivity index is 2.36. The standard InChI is InChI=1S/C17H28/c1-5-6-7-8-9-10-15-11-13-16(14-12-15)17(2,3)4/h11-14H,5-10H2,1-4H3. The summed E-state index contributed by atoms with van der Waals surface area (Å²) in [6, 6.07) is 9.20. The Bertz CT molecular complexity index is 300. The van der Waals surface area contributed by atoms with Gasteiger partial charge < -0.3 is 0 Å². The first-order valence-corrected chi connectivity index (χ1v) is 7.13. The van der Waals surface area contributed by atoms with Crippen molar-refractivity contribution in [1.82, 2.24) is 0 Å². The van der Waals surface area contributed by atoms with E-state index in [1.807, 2.05) is 0 Å². The first-order valence-electron chi connectivity index (χ1n) is 7.13. The zero-order valence-corrected chi connectivity index (χ0v) is 12.1. The molecule has 0 aliphatic carbocycles. The van der Waals surface area contributed by atoms with Gasteiger partial charge in [-0.05, 0) is 29.4 Å². The fraction of sp³-hybridized carbons (Fsp3) is 0.647. The summed E-state index contributed by atoms with van der Waals surface area (Å²) in [5.41, 5.74) is 3.21. The number of hydrogen-bond donors (Lipinski definition) is 0. The molecule has 0 nitrogen and oxygen atoms in total. The summed E-state index contributed by atoms with van der Waals surface area (Å²) in [4.78, 5) is 0. The lowest BCUT2D eigenvalue weighted by molar-refractivity contribution is 0.589. The summed E-state index contributed by atoms with van der Waals surface area (Å²) in [6.07, 6.45) is 8.09. The van der Waals surface area contributed by atoms with Crippen molar-refractivity contribution in [2.75, 3.05) is 0 Å². The normalized spacial score (nSPS) is 11.8. The second-order valence-electron chi connectivity index (χ2n) is 6.11. The molecule has 1 aromatic carbocycles. The molecular formula is C17H28. The van der Waals surface area contributed by atoms with Crippen LogP contribution in [0, 0.1) is 0 Å². The van der Waals surface area contributed by atoms with Crippen molar-refractivity contribution in [3.63, 3.8) is 0 Å². The third kappa shape index (κ3) is 5.39. The summed E-state index contributed by atoms with van der Waals surface area (Å²) < 4.78 is 0. The van der Waals surface area contributed by atoms with Gasteiger partial charge in [-0.1, -0.05) is 77.6 Å². The number of hydrogen-bond acceptors (Lipinski definition) is 0. The SMILES string of the molecule is CCCCCCCc1ccc(C(C)(C)C)cc1. The summed E-state index contributed by atoms with van der Waals surface area (Å²) in [7, 11) is 0. The molecule has 0 unspecified atom stereocenters. The van der Waals surface area contributed by atoms with Crippen LogP contribution >= 0.6 is 0 Å². The molecule has 0 N–H and O–H groups in total. The lowest BCUT2D eigenvalue weighted by Crippen LogP contribution is -2.10. The average molecular weight is 232 g/mol. The zero-order chi connectivity index (χ0) is 12.7. The van der Waals surface area contributed by atoms with Crippen LogP contribution in [0.1, 0.15) is 70.9 Å². The first kappa shape index (κ1) is 14.3. The third-order valence-corrected chi connectivity index (χ3v) is 3.39. The summed E-state index contributed by atoms with van der Waals surface area (Å²) >= 11 is 0. The molecule has 0 spiro atoms. The molecule has 0 atom stereocenters. The molecule has 0 radical (unpaired) electrons. The van der Waals surface area contributed by atoms with Gasteiger partial charge in [-0.3, -0.25) is 0 Å². The van der Waals surface area contributed by atoms with E-state index in [1.54, 1.807) is 0 Å². The van der Waals surface area contributed by atoms with Crippen molar-refractivity contribution in [2.45, 2.75) is 71.6 Å². The number of rotatable bonds is 6. The predicted molar refractivity (Wildman–Crippen MR) is 77.6 cm³/mol. The predicted octanol–water partition coefficient (Wildman–Crippen LogP) is 5.50. The minimum atomic E-state index is 0.277. The van der Waals surface area contributed by atoms with Gasteiger partial charge in [0.1, 0.15) is 0 Å². The average Bonchev–Trinajstić information content (AvgIpc) is 2.28. The van der Waals surface area contributed by atoms with Crippen molar-refractivity contribution in [3.8, 4) is 0 Å². The molecule has 0 saturated heterocycles. The van der Waals surface area contributed by atoms with E-state index in [0.29, 0.717) is 0 Å². The second kappa shape index (κ2) is 6.83. The van der Waals surface area contributed by atoms with Crippen LogP contribution in [-0.4, -0.2) is 0 Å². The Morgan fingerprint density at radius 2 is 1.41 bits per heavy atom. The van der Waals surface area contributed by atoms with Crippen LogP contribution in [0.15, 0.2) is 24.3 Å². The minimum absolute atomic E-state index is 0.277. The van der Waals surface area contributed by atoms with Gasteiger partial charge in [0.2, 0.25) is 0 Å². The van der Waals surface area contributed by atoms with Crippen LogP contribution in [0.2, 0.25) is 0 Å². The smallest absolute Gasteiger partial charge is 0.0132 e. The molecule has 0 aromatic heterocycles. The molecule has 1 aromatic rings. The Hall–Kier alpha value is -0.780.